The average Bonchev–Trinajstić information content (AvgIpc) is 1.89. The summed E-state index contributed by atoms with van der Waals surface area (Å²) in [4.78, 5) is 0. The summed E-state index contributed by atoms with van der Waals surface area (Å²) in [5.74, 6) is 0. The topological polar surface area (TPSA) is 9.23 Å². The Bertz CT molecular complexity index is 91.9. The predicted molar refractivity (Wildman–Crippen MR) is 50.0 cm³/mol. The molecule has 0 aliphatic carbocycles. The van der Waals surface area contributed by atoms with Crippen LogP contribution in [0.5, 0.6) is 0 Å². The van der Waals surface area contributed by atoms with Crippen LogP contribution in [0.4, 0.5) is 0 Å². The van der Waals surface area contributed by atoms with Crippen molar-refractivity contribution in [2.45, 2.75) is 13.3 Å². The summed E-state index contributed by atoms with van der Waals surface area (Å²) in [6.07, 6.45) is 5.70. The second-order valence-corrected chi connectivity index (χ2v) is 8.79. The molecule has 2 heteroatoms. The summed E-state index contributed by atoms with van der Waals surface area (Å²) in [5, 5.41) is 0. The van der Waals surface area contributed by atoms with Gasteiger partial charge in [-0.1, -0.05) is 0 Å². The molecular weight excluding hydrogens is 143 g/mol. The molecule has 1 nitrogen and oxygen atoms in total. The van der Waals surface area contributed by atoms with Gasteiger partial charge in [0.05, 0.1) is 0 Å². The quantitative estimate of drug-likeness (QED) is 0.563. The molecular formula is C8H19OP. The van der Waals surface area contributed by atoms with Gasteiger partial charge >= 0.3 is 63.7 Å². The Morgan fingerprint density at radius 1 is 1.30 bits per heavy atom. The zero-order valence-corrected chi connectivity index (χ0v) is 8.15. The van der Waals surface area contributed by atoms with Crippen LogP contribution in [0.1, 0.15) is 13.3 Å². The molecule has 1 heterocycles. The van der Waals surface area contributed by atoms with Crippen molar-refractivity contribution in [3.63, 3.8) is 0 Å². The summed E-state index contributed by atoms with van der Waals surface area (Å²) in [5.41, 5.74) is 0. The molecule has 1 rings (SSSR count). The van der Waals surface area contributed by atoms with Crippen LogP contribution in [0, 0.1) is 0 Å². The minimum atomic E-state index is -0.762. The van der Waals surface area contributed by atoms with Gasteiger partial charge in [0.2, 0.25) is 0 Å². The van der Waals surface area contributed by atoms with Crippen LogP contribution in [0.25, 0.3) is 0 Å². The van der Waals surface area contributed by atoms with Crippen LogP contribution in [0.3, 0.4) is 0 Å². The molecule has 0 aromatic heterocycles. The molecule has 0 aromatic rings. The van der Waals surface area contributed by atoms with Gasteiger partial charge in [-0.3, -0.25) is 0 Å². The first-order valence-electron chi connectivity index (χ1n) is 4.35. The zero-order chi connectivity index (χ0) is 7.45. The fraction of sp³-hybridized carbons (Fsp3) is 1.00. The van der Waals surface area contributed by atoms with Crippen molar-refractivity contribution in [2.24, 2.45) is 0 Å². The summed E-state index contributed by atoms with van der Waals surface area (Å²) < 4.78 is 5.35. The van der Waals surface area contributed by atoms with Gasteiger partial charge in [0.15, 0.2) is 0 Å². The molecule has 1 aliphatic rings. The molecule has 0 saturated carbocycles. The van der Waals surface area contributed by atoms with Gasteiger partial charge in [0.1, 0.15) is 0 Å². The maximum absolute atomic E-state index is 5.35. The van der Waals surface area contributed by atoms with Crippen LogP contribution in [-0.4, -0.2) is 38.4 Å². The Balaban J connectivity index is 2.32. The maximum atomic E-state index is 5.35. The van der Waals surface area contributed by atoms with Crippen molar-refractivity contribution in [1.29, 1.82) is 0 Å². The molecule has 0 unspecified atom stereocenters. The van der Waals surface area contributed by atoms with Gasteiger partial charge in [-0.25, -0.2) is 0 Å². The Morgan fingerprint density at radius 2 is 1.90 bits per heavy atom. The Morgan fingerprint density at radius 3 is 2.40 bits per heavy atom. The predicted octanol–water partition coefficient (Wildman–Crippen LogP) is 1.81. The third-order valence-corrected chi connectivity index (χ3v) is 7.08. The van der Waals surface area contributed by atoms with Crippen LogP contribution in [0.2, 0.25) is 0 Å². The van der Waals surface area contributed by atoms with Crippen molar-refractivity contribution >= 4 is 7.26 Å². The summed E-state index contributed by atoms with van der Waals surface area (Å²) in [7, 11) is -0.762. The van der Waals surface area contributed by atoms with Crippen molar-refractivity contribution < 1.29 is 4.74 Å². The van der Waals surface area contributed by atoms with E-state index in [1.54, 1.807) is 0 Å². The van der Waals surface area contributed by atoms with Gasteiger partial charge in [-0.05, 0) is 0 Å². The van der Waals surface area contributed by atoms with Gasteiger partial charge in [-0.2, -0.15) is 0 Å². The fourth-order valence-corrected chi connectivity index (χ4v) is 4.95. The van der Waals surface area contributed by atoms with Crippen molar-refractivity contribution in [2.75, 3.05) is 38.4 Å². The van der Waals surface area contributed by atoms with E-state index in [0.29, 0.717) is 0 Å². The molecule has 0 aromatic carbocycles. The number of hydrogen-bond acceptors (Lipinski definition) is 1. The molecule has 0 amide bonds. The fourth-order valence-electron chi connectivity index (χ4n) is 1.72. The molecule has 1 aliphatic heterocycles. The van der Waals surface area contributed by atoms with E-state index in [1.165, 1.54) is 24.9 Å². The molecule has 0 atom stereocenters. The second-order valence-electron chi connectivity index (χ2n) is 3.67. The standard InChI is InChI=1S/C8H19OP/c1-3-6-10(2)7-4-9-5-8-10/h10H,3-8H2,1-2H3. The van der Waals surface area contributed by atoms with E-state index in [0.717, 1.165) is 13.2 Å². The van der Waals surface area contributed by atoms with Crippen LogP contribution in [-0.2, 0) is 4.74 Å². The van der Waals surface area contributed by atoms with E-state index >= 15 is 0 Å². The van der Waals surface area contributed by atoms with E-state index in [1.807, 2.05) is 0 Å². The molecule has 1 saturated heterocycles. The van der Waals surface area contributed by atoms with Crippen molar-refractivity contribution in [1.82, 2.24) is 0 Å². The Kier molecular flexibility index (Phi) is 3.13. The first kappa shape index (κ1) is 8.49. The molecule has 0 bridgehead atoms. The van der Waals surface area contributed by atoms with Gasteiger partial charge < -0.3 is 0 Å². The Labute approximate surface area is 64.5 Å². The first-order valence-corrected chi connectivity index (χ1v) is 7.47. The number of ether oxygens (including phenoxy) is 1. The zero-order valence-electron chi connectivity index (χ0n) is 7.15. The van der Waals surface area contributed by atoms with Crippen LogP contribution in [0.15, 0.2) is 0 Å². The first-order chi connectivity index (χ1) is 4.77. The number of hydrogen-bond donors (Lipinski definition) is 0. The molecule has 62 valence electrons. The summed E-state index contributed by atoms with van der Waals surface area (Å²) in [6, 6.07) is 0. The van der Waals surface area contributed by atoms with E-state index < -0.39 is 7.26 Å². The normalized spacial score (nSPS) is 27.8. The Hall–Kier alpha value is 0.390. The summed E-state index contributed by atoms with van der Waals surface area (Å²) >= 11 is 0. The van der Waals surface area contributed by atoms with Gasteiger partial charge in [-0.15, -0.1) is 0 Å². The SMILES string of the molecule is CCC[PH]1(C)CCOCC1. The van der Waals surface area contributed by atoms with E-state index in [-0.39, 0.29) is 0 Å². The third kappa shape index (κ3) is 2.21. The van der Waals surface area contributed by atoms with Gasteiger partial charge in [0, 0.05) is 0 Å². The molecule has 10 heavy (non-hydrogen) atoms. The number of rotatable bonds is 2. The van der Waals surface area contributed by atoms with Crippen molar-refractivity contribution in [3.8, 4) is 0 Å². The van der Waals surface area contributed by atoms with E-state index in [9.17, 15) is 0 Å². The van der Waals surface area contributed by atoms with Crippen molar-refractivity contribution in [3.05, 3.63) is 0 Å². The molecule has 0 spiro atoms. The van der Waals surface area contributed by atoms with E-state index in [4.69, 9.17) is 4.74 Å². The molecule has 0 N–H and O–H groups in total. The molecule has 1 fully saturated rings. The van der Waals surface area contributed by atoms with Crippen LogP contribution >= 0.6 is 7.26 Å². The van der Waals surface area contributed by atoms with Gasteiger partial charge in [0.25, 0.3) is 0 Å². The second kappa shape index (κ2) is 3.69. The van der Waals surface area contributed by atoms with Crippen LogP contribution < -0.4 is 0 Å². The molecule has 0 radical (unpaired) electrons. The average molecular weight is 162 g/mol. The minimum absolute atomic E-state index is 0.762. The monoisotopic (exact) mass is 162 g/mol. The summed E-state index contributed by atoms with van der Waals surface area (Å²) in [6.45, 7) is 6.91. The van der Waals surface area contributed by atoms with E-state index in [2.05, 4.69) is 13.6 Å². The third-order valence-electron chi connectivity index (χ3n) is 2.55.